The lowest BCUT2D eigenvalue weighted by Crippen LogP contribution is -2.32. The van der Waals surface area contributed by atoms with Gasteiger partial charge in [-0.3, -0.25) is 5.41 Å². The molecule has 2 N–H and O–H groups in total. The number of aliphatic imine (C=N–C) groups is 1. The summed E-state index contributed by atoms with van der Waals surface area (Å²) >= 11 is 3.48. The average Bonchev–Trinajstić information content (AvgIpc) is 2.83. The van der Waals surface area contributed by atoms with E-state index in [1.807, 2.05) is 38.2 Å². The van der Waals surface area contributed by atoms with E-state index < -0.39 is 0 Å². The number of rotatable bonds is 2. The van der Waals surface area contributed by atoms with Crippen LogP contribution in [-0.2, 0) is 6.54 Å². The molecule has 0 radical (unpaired) electrons. The molecule has 0 amide bonds. The molecule has 0 bridgehead atoms. The summed E-state index contributed by atoms with van der Waals surface area (Å²) < 4.78 is 8.88. The quantitative estimate of drug-likeness (QED) is 0.609. The van der Waals surface area contributed by atoms with Gasteiger partial charge in [-0.2, -0.15) is 0 Å². The van der Waals surface area contributed by atoms with Gasteiger partial charge in [-0.1, -0.05) is 15.9 Å². The van der Waals surface area contributed by atoms with Crippen molar-refractivity contribution < 1.29 is 4.74 Å². The second-order valence-electron chi connectivity index (χ2n) is 5.98. The minimum atomic E-state index is 0.205. The summed E-state index contributed by atoms with van der Waals surface area (Å²) in [7, 11) is 0. The van der Waals surface area contributed by atoms with Crippen LogP contribution >= 0.6 is 15.9 Å². The first-order valence-corrected chi connectivity index (χ1v) is 8.64. The smallest absolute Gasteiger partial charge is 0.155 e. The zero-order chi connectivity index (χ0) is 17.3. The molecule has 0 saturated carbocycles. The number of fused-ring (bicyclic) bond motifs is 3. The fraction of sp³-hybridized carbons (Fsp3) is 0.353. The van der Waals surface area contributed by atoms with Gasteiger partial charge in [0.05, 0.1) is 12.1 Å². The van der Waals surface area contributed by atoms with Gasteiger partial charge in [0.1, 0.15) is 29.7 Å². The van der Waals surface area contributed by atoms with Crippen molar-refractivity contribution in [3.8, 4) is 17.1 Å². The van der Waals surface area contributed by atoms with Gasteiger partial charge in [0.15, 0.2) is 5.84 Å². The summed E-state index contributed by atoms with van der Waals surface area (Å²) in [5.41, 5.74) is 1.69. The van der Waals surface area contributed by atoms with Crippen molar-refractivity contribution in [2.75, 3.05) is 6.61 Å². The molecular formula is C17H20BrN5O. The molecule has 7 heteroatoms. The predicted octanol–water partition coefficient (Wildman–Crippen LogP) is 3.45. The summed E-state index contributed by atoms with van der Waals surface area (Å²) in [6.45, 7) is 7.03. The van der Waals surface area contributed by atoms with Gasteiger partial charge in [0.2, 0.25) is 0 Å². The van der Waals surface area contributed by atoms with Gasteiger partial charge in [-0.05, 0) is 39.0 Å². The maximum absolute atomic E-state index is 7.67. The molecule has 3 rings (SSSR count). The van der Waals surface area contributed by atoms with E-state index in [9.17, 15) is 0 Å². The first-order chi connectivity index (χ1) is 11.4. The highest BCUT2D eigenvalue weighted by Crippen LogP contribution is 2.34. The topological polar surface area (TPSA) is 75.3 Å². The molecule has 2 aromatic rings. The third kappa shape index (κ3) is 3.51. The number of imidazole rings is 1. The van der Waals surface area contributed by atoms with Crippen molar-refractivity contribution in [1.29, 1.82) is 5.41 Å². The van der Waals surface area contributed by atoms with E-state index >= 15 is 0 Å². The number of nitrogens with one attached hydrogen (secondary N) is 2. The maximum Gasteiger partial charge on any atom is 0.155 e. The molecule has 2 heterocycles. The molecule has 0 saturated heterocycles. The first kappa shape index (κ1) is 16.7. The highest BCUT2D eigenvalue weighted by molar-refractivity contribution is 9.10. The maximum atomic E-state index is 7.67. The lowest BCUT2D eigenvalue weighted by molar-refractivity contribution is 0.306. The molecule has 1 aromatic heterocycles. The molecule has 1 aliphatic heterocycles. The van der Waals surface area contributed by atoms with Gasteiger partial charge < -0.3 is 14.6 Å². The third-order valence-electron chi connectivity index (χ3n) is 3.50. The van der Waals surface area contributed by atoms with Crippen LogP contribution in [0.25, 0.3) is 11.4 Å². The number of aromatic nitrogens is 2. The van der Waals surface area contributed by atoms with Crippen molar-refractivity contribution in [2.45, 2.75) is 33.4 Å². The van der Waals surface area contributed by atoms with Gasteiger partial charge >= 0.3 is 0 Å². The Kier molecular flexibility index (Phi) is 4.71. The molecule has 126 valence electrons. The Morgan fingerprint density at radius 3 is 2.96 bits per heavy atom. The van der Waals surface area contributed by atoms with Crippen molar-refractivity contribution >= 4 is 27.6 Å². The van der Waals surface area contributed by atoms with E-state index in [-0.39, 0.29) is 11.9 Å². The fourth-order valence-corrected chi connectivity index (χ4v) is 2.91. The minimum absolute atomic E-state index is 0.205. The van der Waals surface area contributed by atoms with E-state index in [1.165, 1.54) is 0 Å². The Hall–Kier alpha value is -2.15. The number of halogens is 1. The molecule has 1 aromatic carbocycles. The Morgan fingerprint density at radius 2 is 2.25 bits per heavy atom. The van der Waals surface area contributed by atoms with Crippen LogP contribution in [-0.4, -0.2) is 33.9 Å². The van der Waals surface area contributed by atoms with Crippen LogP contribution in [0.1, 0.15) is 26.5 Å². The minimum Gasteiger partial charge on any atom is -0.491 e. The monoisotopic (exact) mass is 389 g/mol. The molecule has 0 atom stereocenters. The van der Waals surface area contributed by atoms with Crippen molar-refractivity contribution in [3.05, 3.63) is 34.6 Å². The Labute approximate surface area is 149 Å². The zero-order valence-corrected chi connectivity index (χ0v) is 15.5. The summed E-state index contributed by atoms with van der Waals surface area (Å²) in [5.74, 6) is 2.54. The van der Waals surface area contributed by atoms with Crippen molar-refractivity contribution in [1.82, 2.24) is 14.9 Å². The fourth-order valence-electron chi connectivity index (χ4n) is 2.57. The Bertz CT molecular complexity index is 809. The molecular weight excluding hydrogens is 370 g/mol. The van der Waals surface area contributed by atoms with Crippen LogP contribution in [0.2, 0.25) is 0 Å². The summed E-state index contributed by atoms with van der Waals surface area (Å²) in [4.78, 5) is 9.06. The molecule has 24 heavy (non-hydrogen) atoms. The van der Waals surface area contributed by atoms with Crippen molar-refractivity contribution in [2.24, 2.45) is 4.99 Å². The molecule has 1 aliphatic rings. The van der Waals surface area contributed by atoms with E-state index in [4.69, 9.17) is 15.1 Å². The number of benzene rings is 1. The van der Waals surface area contributed by atoms with Gasteiger partial charge in [-0.15, -0.1) is 0 Å². The zero-order valence-electron chi connectivity index (χ0n) is 13.9. The molecule has 6 nitrogen and oxygen atoms in total. The highest BCUT2D eigenvalue weighted by atomic mass is 79.9. The largest absolute Gasteiger partial charge is 0.491 e. The average molecular weight is 390 g/mol. The SMILES string of the molecule is CC(=N)/N=C(\NC(C)C)c1cn2c(n1)-c1ccc(Br)cc1OCC2. The Balaban J connectivity index is 2.08. The molecule has 0 unspecified atom stereocenters. The second kappa shape index (κ2) is 6.76. The van der Waals surface area contributed by atoms with E-state index in [0.717, 1.165) is 27.3 Å². The van der Waals surface area contributed by atoms with Gasteiger partial charge in [0.25, 0.3) is 0 Å². The molecule has 0 aliphatic carbocycles. The number of nitrogens with zero attached hydrogens (tertiary/aromatic N) is 3. The van der Waals surface area contributed by atoms with Gasteiger partial charge in [-0.25, -0.2) is 9.98 Å². The normalized spacial score (nSPS) is 13.8. The van der Waals surface area contributed by atoms with E-state index in [1.54, 1.807) is 6.92 Å². The Morgan fingerprint density at radius 1 is 1.46 bits per heavy atom. The number of hydrogen-bond donors (Lipinski definition) is 2. The van der Waals surface area contributed by atoms with Crippen LogP contribution in [0.15, 0.2) is 33.9 Å². The lowest BCUT2D eigenvalue weighted by Gasteiger charge is -2.11. The van der Waals surface area contributed by atoms with Crippen LogP contribution in [0.5, 0.6) is 5.75 Å². The van der Waals surface area contributed by atoms with Crippen LogP contribution in [0.3, 0.4) is 0 Å². The third-order valence-corrected chi connectivity index (χ3v) is 3.99. The van der Waals surface area contributed by atoms with Crippen molar-refractivity contribution in [3.63, 3.8) is 0 Å². The number of ether oxygens (including phenoxy) is 1. The summed E-state index contributed by atoms with van der Waals surface area (Å²) in [6, 6.07) is 6.15. The van der Waals surface area contributed by atoms with Crippen LogP contribution in [0, 0.1) is 5.41 Å². The highest BCUT2D eigenvalue weighted by Gasteiger charge is 2.20. The molecule has 0 fully saturated rings. The first-order valence-electron chi connectivity index (χ1n) is 7.84. The van der Waals surface area contributed by atoms with Gasteiger partial charge in [0, 0.05) is 16.7 Å². The lowest BCUT2D eigenvalue weighted by atomic mass is 10.2. The second-order valence-corrected chi connectivity index (χ2v) is 6.89. The molecule has 0 spiro atoms. The predicted molar refractivity (Wildman–Crippen MR) is 99.1 cm³/mol. The van der Waals surface area contributed by atoms with E-state index in [2.05, 4.69) is 30.8 Å². The summed E-state index contributed by atoms with van der Waals surface area (Å²) in [5, 5.41) is 10.9. The number of amidine groups is 2. The number of hydrogen-bond acceptors (Lipinski definition) is 3. The standard InChI is InChI=1S/C17H20BrN5O/c1-10(2)20-16(21-11(3)19)14-9-23-6-7-24-15-8-12(18)4-5-13(15)17(23)22-14/h4-5,8-10H,6-7H2,1-3H3,(H2,19,20,21). The van der Waals surface area contributed by atoms with E-state index in [0.29, 0.717) is 19.0 Å². The van der Waals surface area contributed by atoms with Crippen LogP contribution in [0.4, 0.5) is 0 Å². The van der Waals surface area contributed by atoms with Crippen LogP contribution < -0.4 is 10.1 Å². The summed E-state index contributed by atoms with van der Waals surface area (Å²) in [6.07, 6.45) is 1.97.